The molecular formula is C11H15FN2O5S. The van der Waals surface area contributed by atoms with Crippen LogP contribution in [0.2, 0.25) is 0 Å². The first-order valence-corrected chi connectivity index (χ1v) is 7.22. The summed E-state index contributed by atoms with van der Waals surface area (Å²) in [5, 5.41) is 10.9. The third kappa shape index (κ3) is 3.30. The van der Waals surface area contributed by atoms with Crippen LogP contribution in [0.1, 0.15) is 6.92 Å². The van der Waals surface area contributed by atoms with Gasteiger partial charge in [-0.2, -0.15) is 8.70 Å². The molecule has 9 heteroatoms. The summed E-state index contributed by atoms with van der Waals surface area (Å²) in [4.78, 5) is 9.18. The molecule has 0 N–H and O–H groups in total. The van der Waals surface area contributed by atoms with Crippen molar-refractivity contribution < 1.29 is 22.5 Å². The highest BCUT2D eigenvalue weighted by Crippen LogP contribution is 2.28. The number of sulfonamides is 1. The molecule has 1 aromatic rings. The predicted molar refractivity (Wildman–Crippen MR) is 69.4 cm³/mol. The van der Waals surface area contributed by atoms with Crippen molar-refractivity contribution in [2.45, 2.75) is 11.8 Å². The number of hydrogen-bond donors (Lipinski definition) is 0. The molecule has 0 saturated heterocycles. The van der Waals surface area contributed by atoms with Gasteiger partial charge in [-0.25, -0.2) is 8.42 Å². The van der Waals surface area contributed by atoms with E-state index < -0.39 is 31.3 Å². The molecule has 0 spiro atoms. The Kier molecular flexibility index (Phi) is 5.54. The molecule has 7 nitrogen and oxygen atoms in total. The summed E-state index contributed by atoms with van der Waals surface area (Å²) in [6.45, 7) is 1.84. The molecule has 0 amide bonds. The number of ether oxygens (including phenoxy) is 1. The van der Waals surface area contributed by atoms with E-state index in [1.807, 2.05) is 0 Å². The largest absolute Gasteiger partial charge is 0.383 e. The molecule has 0 aromatic heterocycles. The van der Waals surface area contributed by atoms with Crippen LogP contribution in [0.25, 0.3) is 0 Å². The van der Waals surface area contributed by atoms with Gasteiger partial charge in [0, 0.05) is 20.2 Å². The van der Waals surface area contributed by atoms with Gasteiger partial charge in [0.25, 0.3) is 0 Å². The van der Waals surface area contributed by atoms with E-state index in [0.717, 1.165) is 22.5 Å². The molecule has 0 aliphatic rings. The molecule has 0 atom stereocenters. The number of methoxy groups -OCH3 is 1. The standard InChI is InChI=1S/C11H15FN2O5S/c1-3-13(7-8-19-2)20(17,18)10-6-4-5-9(12)11(10)14(15)16/h4-6H,3,7-8H2,1-2H3. The number of nitro groups is 1. The number of hydrogen-bond acceptors (Lipinski definition) is 5. The highest BCUT2D eigenvalue weighted by atomic mass is 32.2. The van der Waals surface area contributed by atoms with Crippen LogP contribution in [0.5, 0.6) is 0 Å². The van der Waals surface area contributed by atoms with Gasteiger partial charge in [0.05, 0.1) is 11.5 Å². The second kappa shape index (κ2) is 6.73. The highest BCUT2D eigenvalue weighted by molar-refractivity contribution is 7.89. The number of likely N-dealkylation sites (N-methyl/N-ethyl adjacent to an activating group) is 1. The molecule has 0 heterocycles. The summed E-state index contributed by atoms with van der Waals surface area (Å²) in [5.41, 5.74) is -1.04. The zero-order valence-corrected chi connectivity index (χ0v) is 11.9. The van der Waals surface area contributed by atoms with Crippen LogP contribution in [-0.4, -0.2) is 44.5 Å². The van der Waals surface area contributed by atoms with E-state index in [1.165, 1.54) is 7.11 Å². The maximum atomic E-state index is 13.5. The normalized spacial score (nSPS) is 11.8. The van der Waals surface area contributed by atoms with Gasteiger partial charge in [-0.1, -0.05) is 13.0 Å². The Morgan fingerprint density at radius 1 is 1.45 bits per heavy atom. The van der Waals surface area contributed by atoms with Gasteiger partial charge < -0.3 is 4.74 Å². The maximum Gasteiger partial charge on any atom is 0.324 e. The zero-order valence-electron chi connectivity index (χ0n) is 11.1. The summed E-state index contributed by atoms with van der Waals surface area (Å²) < 4.78 is 44.0. The van der Waals surface area contributed by atoms with Crippen molar-refractivity contribution in [1.29, 1.82) is 0 Å². The predicted octanol–water partition coefficient (Wildman–Crippen LogP) is 1.39. The van der Waals surface area contributed by atoms with E-state index in [-0.39, 0.29) is 19.7 Å². The molecule has 0 saturated carbocycles. The Morgan fingerprint density at radius 3 is 2.60 bits per heavy atom. The van der Waals surface area contributed by atoms with Crippen molar-refractivity contribution in [3.8, 4) is 0 Å². The molecule has 112 valence electrons. The van der Waals surface area contributed by atoms with Gasteiger partial charge in [-0.15, -0.1) is 0 Å². The second-order valence-corrected chi connectivity index (χ2v) is 5.74. The van der Waals surface area contributed by atoms with E-state index in [0.29, 0.717) is 0 Å². The lowest BCUT2D eigenvalue weighted by molar-refractivity contribution is -0.390. The van der Waals surface area contributed by atoms with Crippen LogP contribution >= 0.6 is 0 Å². The lowest BCUT2D eigenvalue weighted by Crippen LogP contribution is -2.34. The summed E-state index contributed by atoms with van der Waals surface area (Å²) in [7, 11) is -2.74. The minimum atomic E-state index is -4.15. The Balaban J connectivity index is 3.34. The third-order valence-electron chi connectivity index (χ3n) is 2.65. The molecule has 0 radical (unpaired) electrons. The first-order valence-electron chi connectivity index (χ1n) is 5.78. The summed E-state index contributed by atoms with van der Waals surface area (Å²) in [6, 6.07) is 2.99. The Hall–Kier alpha value is -1.58. The summed E-state index contributed by atoms with van der Waals surface area (Å²) >= 11 is 0. The van der Waals surface area contributed by atoms with Crippen LogP contribution < -0.4 is 0 Å². The second-order valence-electron chi connectivity index (χ2n) is 3.83. The van der Waals surface area contributed by atoms with Crippen LogP contribution in [0.4, 0.5) is 10.1 Å². The molecule has 0 bridgehead atoms. The fourth-order valence-corrected chi connectivity index (χ4v) is 3.26. The highest BCUT2D eigenvalue weighted by Gasteiger charge is 2.33. The maximum absolute atomic E-state index is 13.5. The Labute approximate surface area is 116 Å². The number of halogens is 1. The number of nitrogens with zero attached hydrogens (tertiary/aromatic N) is 2. The SMILES string of the molecule is CCN(CCOC)S(=O)(=O)c1cccc(F)c1[N+](=O)[O-]. The Morgan fingerprint density at radius 2 is 2.10 bits per heavy atom. The van der Waals surface area contributed by atoms with Crippen molar-refractivity contribution >= 4 is 15.7 Å². The van der Waals surface area contributed by atoms with Crippen LogP contribution in [0.15, 0.2) is 23.1 Å². The van der Waals surface area contributed by atoms with E-state index in [2.05, 4.69) is 0 Å². The average Bonchev–Trinajstić information content (AvgIpc) is 2.38. The number of rotatable bonds is 7. The summed E-state index contributed by atoms with van der Waals surface area (Å²) in [6.07, 6.45) is 0. The first kappa shape index (κ1) is 16.5. The molecule has 1 rings (SSSR count). The van der Waals surface area contributed by atoms with Crippen LogP contribution in [0, 0.1) is 15.9 Å². The first-order chi connectivity index (χ1) is 9.36. The van der Waals surface area contributed by atoms with Gasteiger partial charge in [0.1, 0.15) is 0 Å². The average molecular weight is 306 g/mol. The van der Waals surface area contributed by atoms with Gasteiger partial charge in [0.2, 0.25) is 15.8 Å². The summed E-state index contributed by atoms with van der Waals surface area (Å²) in [5.74, 6) is -1.18. The van der Waals surface area contributed by atoms with Gasteiger partial charge in [-0.3, -0.25) is 10.1 Å². The molecule has 0 fully saturated rings. The van der Waals surface area contributed by atoms with Crippen molar-refractivity contribution in [3.63, 3.8) is 0 Å². The minimum absolute atomic E-state index is 0.0308. The third-order valence-corrected chi connectivity index (χ3v) is 4.65. The molecule has 0 aliphatic carbocycles. The zero-order chi connectivity index (χ0) is 15.3. The monoisotopic (exact) mass is 306 g/mol. The van der Waals surface area contributed by atoms with E-state index in [9.17, 15) is 22.9 Å². The number of nitro benzene ring substituents is 1. The lowest BCUT2D eigenvalue weighted by atomic mass is 10.3. The van der Waals surface area contributed by atoms with Crippen molar-refractivity contribution in [1.82, 2.24) is 4.31 Å². The molecular weight excluding hydrogens is 291 g/mol. The molecule has 0 unspecified atom stereocenters. The minimum Gasteiger partial charge on any atom is -0.383 e. The van der Waals surface area contributed by atoms with Gasteiger partial charge in [0.15, 0.2) is 4.90 Å². The van der Waals surface area contributed by atoms with Crippen LogP contribution in [0.3, 0.4) is 0 Å². The fourth-order valence-electron chi connectivity index (χ4n) is 1.66. The smallest absolute Gasteiger partial charge is 0.324 e. The Bertz CT molecular complexity index is 590. The van der Waals surface area contributed by atoms with Crippen molar-refractivity contribution in [2.24, 2.45) is 0 Å². The molecule has 20 heavy (non-hydrogen) atoms. The number of benzene rings is 1. The van der Waals surface area contributed by atoms with E-state index in [1.54, 1.807) is 6.92 Å². The number of para-hydroxylation sites is 1. The van der Waals surface area contributed by atoms with E-state index >= 15 is 0 Å². The molecule has 0 aliphatic heterocycles. The van der Waals surface area contributed by atoms with Crippen molar-refractivity contribution in [2.75, 3.05) is 26.8 Å². The lowest BCUT2D eigenvalue weighted by Gasteiger charge is -2.19. The van der Waals surface area contributed by atoms with Crippen molar-refractivity contribution in [3.05, 3.63) is 34.1 Å². The van der Waals surface area contributed by atoms with E-state index in [4.69, 9.17) is 4.74 Å². The van der Waals surface area contributed by atoms with Crippen LogP contribution in [-0.2, 0) is 14.8 Å². The van der Waals surface area contributed by atoms with Gasteiger partial charge >= 0.3 is 5.69 Å². The van der Waals surface area contributed by atoms with Gasteiger partial charge in [-0.05, 0) is 12.1 Å². The molecule has 1 aromatic carbocycles. The topological polar surface area (TPSA) is 89.8 Å². The fraction of sp³-hybridized carbons (Fsp3) is 0.455. The quantitative estimate of drug-likeness (QED) is 0.561.